The van der Waals surface area contributed by atoms with E-state index in [1.54, 1.807) is 55.5 Å². The number of carbonyl (C=O) groups excluding carboxylic acids is 4. The molecule has 0 saturated heterocycles. The normalized spacial score (nSPS) is 13.7. The third-order valence-corrected chi connectivity index (χ3v) is 10.4. The van der Waals surface area contributed by atoms with Gasteiger partial charge in [-0.1, -0.05) is 61.4 Å². The van der Waals surface area contributed by atoms with Crippen LogP contribution < -0.4 is 16.0 Å². The van der Waals surface area contributed by atoms with Crippen LogP contribution in [0.2, 0.25) is 0 Å². The SMILES string of the molecule is COC(=O)c1c(NC(=O)C(C)Sc2cccc(NC(=O)/C(=C/c3ccccc3C)NC(=O)c3ccccc3)c2)sc2c1CCCCCC2. The van der Waals surface area contributed by atoms with Gasteiger partial charge in [0.05, 0.1) is 17.9 Å². The molecule has 3 N–H and O–H groups in total. The number of esters is 1. The van der Waals surface area contributed by atoms with E-state index in [4.69, 9.17) is 4.74 Å². The number of hydrogen-bond acceptors (Lipinski definition) is 7. The molecule has 0 bridgehead atoms. The molecule has 1 atom stereocenters. The van der Waals surface area contributed by atoms with Gasteiger partial charge in [-0.3, -0.25) is 14.4 Å². The molecule has 1 aromatic heterocycles. The van der Waals surface area contributed by atoms with Gasteiger partial charge in [0.25, 0.3) is 11.8 Å². The fraction of sp³-hybridized carbons (Fsp3) is 0.263. The Morgan fingerprint density at radius 3 is 2.35 bits per heavy atom. The van der Waals surface area contributed by atoms with Crippen LogP contribution in [0.15, 0.2) is 89.5 Å². The zero-order chi connectivity index (χ0) is 34.0. The highest BCUT2D eigenvalue weighted by Gasteiger charge is 2.27. The summed E-state index contributed by atoms with van der Waals surface area (Å²) in [5.74, 6) is -1.55. The summed E-state index contributed by atoms with van der Waals surface area (Å²) in [5, 5.41) is 8.71. The lowest BCUT2D eigenvalue weighted by Gasteiger charge is -2.14. The van der Waals surface area contributed by atoms with Crippen LogP contribution in [0.25, 0.3) is 6.08 Å². The Hall–Kier alpha value is -4.67. The molecule has 1 unspecified atom stereocenters. The lowest BCUT2D eigenvalue weighted by atomic mass is 9.96. The molecular weight excluding hydrogens is 643 g/mol. The third-order valence-electron chi connectivity index (χ3n) is 8.09. The van der Waals surface area contributed by atoms with Crippen molar-refractivity contribution in [1.29, 1.82) is 0 Å². The number of amides is 3. The minimum atomic E-state index is -0.507. The van der Waals surface area contributed by atoms with E-state index in [2.05, 4.69) is 16.0 Å². The molecule has 1 heterocycles. The molecule has 0 fully saturated rings. The minimum Gasteiger partial charge on any atom is -0.465 e. The standard InChI is InChI=1S/C38H39N3O5S2/c1-24-14-11-12-17-27(24)22-31(40-35(43)26-15-7-6-8-16-26)36(44)39-28-18-13-19-29(23-28)47-25(2)34(42)41-37-33(38(45)46-3)30-20-9-4-5-10-21-32(30)48-37/h6-8,11-19,22-23,25H,4-5,9-10,20-21H2,1-3H3,(H,39,44)(H,40,43)(H,41,42)/b31-22-. The second-order valence-corrected chi connectivity index (χ2v) is 14.1. The highest BCUT2D eigenvalue weighted by molar-refractivity contribution is 8.00. The predicted octanol–water partition coefficient (Wildman–Crippen LogP) is 8.03. The van der Waals surface area contributed by atoms with Gasteiger partial charge in [-0.2, -0.15) is 0 Å². The van der Waals surface area contributed by atoms with Crippen LogP contribution in [0.5, 0.6) is 0 Å². The van der Waals surface area contributed by atoms with E-state index in [-0.39, 0.29) is 11.6 Å². The average Bonchev–Trinajstić information content (AvgIpc) is 3.40. The number of aryl methyl sites for hydroxylation is 2. The molecule has 3 aromatic carbocycles. The van der Waals surface area contributed by atoms with Crippen LogP contribution >= 0.6 is 23.1 Å². The van der Waals surface area contributed by atoms with Crippen molar-refractivity contribution in [3.63, 3.8) is 0 Å². The second-order valence-electron chi connectivity index (χ2n) is 11.6. The lowest BCUT2D eigenvalue weighted by molar-refractivity contribution is -0.115. The van der Waals surface area contributed by atoms with Crippen LogP contribution in [0.4, 0.5) is 10.7 Å². The molecule has 248 valence electrons. The average molecular weight is 682 g/mol. The molecule has 4 aromatic rings. The highest BCUT2D eigenvalue weighted by atomic mass is 32.2. The van der Waals surface area contributed by atoms with Crippen molar-refractivity contribution < 1.29 is 23.9 Å². The number of thioether (sulfide) groups is 1. The number of benzene rings is 3. The largest absolute Gasteiger partial charge is 0.465 e. The molecule has 5 rings (SSSR count). The van der Waals surface area contributed by atoms with Gasteiger partial charge in [-0.15, -0.1) is 23.1 Å². The van der Waals surface area contributed by atoms with Crippen LogP contribution in [0, 0.1) is 6.92 Å². The Kier molecular flexibility index (Phi) is 11.9. The summed E-state index contributed by atoms with van der Waals surface area (Å²) in [6.45, 7) is 3.73. The van der Waals surface area contributed by atoms with E-state index in [0.717, 1.165) is 65.0 Å². The topological polar surface area (TPSA) is 114 Å². The van der Waals surface area contributed by atoms with Crippen molar-refractivity contribution in [3.05, 3.63) is 117 Å². The number of ether oxygens (including phenoxy) is 1. The number of nitrogens with one attached hydrogen (secondary N) is 3. The first-order valence-electron chi connectivity index (χ1n) is 16.0. The van der Waals surface area contributed by atoms with E-state index in [9.17, 15) is 19.2 Å². The Morgan fingerprint density at radius 2 is 1.60 bits per heavy atom. The van der Waals surface area contributed by atoms with Gasteiger partial charge in [0, 0.05) is 21.0 Å². The van der Waals surface area contributed by atoms with Gasteiger partial charge in [-0.25, -0.2) is 4.79 Å². The van der Waals surface area contributed by atoms with Gasteiger partial charge < -0.3 is 20.7 Å². The molecule has 3 amide bonds. The summed E-state index contributed by atoms with van der Waals surface area (Å²) in [5.41, 5.74) is 4.26. The fourth-order valence-corrected chi connectivity index (χ4v) is 7.70. The van der Waals surface area contributed by atoms with Crippen LogP contribution in [0.1, 0.15) is 74.9 Å². The number of carbonyl (C=O) groups is 4. The van der Waals surface area contributed by atoms with E-state index in [1.165, 1.54) is 30.2 Å². The number of thiophene rings is 1. The molecule has 10 heteroatoms. The lowest BCUT2D eigenvalue weighted by Crippen LogP contribution is -2.30. The molecular formula is C38H39N3O5S2. The first-order chi connectivity index (χ1) is 23.2. The quantitative estimate of drug-likeness (QED) is 0.0888. The van der Waals surface area contributed by atoms with E-state index in [1.807, 2.05) is 43.3 Å². The Morgan fingerprint density at radius 1 is 0.875 bits per heavy atom. The second kappa shape index (κ2) is 16.4. The maximum atomic E-state index is 13.6. The number of hydrogen-bond donors (Lipinski definition) is 3. The summed E-state index contributed by atoms with van der Waals surface area (Å²) in [4.78, 5) is 54.7. The van der Waals surface area contributed by atoms with Crippen molar-refractivity contribution >= 4 is 63.6 Å². The molecule has 48 heavy (non-hydrogen) atoms. The summed E-state index contributed by atoms with van der Waals surface area (Å²) in [6.07, 6.45) is 7.69. The van der Waals surface area contributed by atoms with E-state index >= 15 is 0 Å². The van der Waals surface area contributed by atoms with Gasteiger partial charge in [0.1, 0.15) is 10.7 Å². The number of fused-ring (bicyclic) bond motifs is 1. The summed E-state index contributed by atoms with van der Waals surface area (Å²) in [6, 6.07) is 23.5. The minimum absolute atomic E-state index is 0.0930. The van der Waals surface area contributed by atoms with Crippen molar-refractivity contribution in [3.8, 4) is 0 Å². The van der Waals surface area contributed by atoms with Crippen molar-refractivity contribution in [2.24, 2.45) is 0 Å². The Bertz CT molecular complexity index is 1830. The predicted molar refractivity (Wildman–Crippen MR) is 194 cm³/mol. The fourth-order valence-electron chi connectivity index (χ4n) is 5.49. The summed E-state index contributed by atoms with van der Waals surface area (Å²) >= 11 is 2.81. The van der Waals surface area contributed by atoms with Crippen molar-refractivity contribution in [2.75, 3.05) is 17.7 Å². The Balaban J connectivity index is 1.30. The zero-order valence-electron chi connectivity index (χ0n) is 27.3. The van der Waals surface area contributed by atoms with Gasteiger partial charge in [0.2, 0.25) is 5.91 Å². The first-order valence-corrected chi connectivity index (χ1v) is 17.7. The molecule has 0 radical (unpaired) electrons. The number of methoxy groups -OCH3 is 1. The molecule has 0 saturated carbocycles. The molecule has 1 aliphatic carbocycles. The van der Waals surface area contributed by atoms with Gasteiger partial charge in [-0.05, 0) is 92.6 Å². The maximum absolute atomic E-state index is 13.6. The van der Waals surface area contributed by atoms with Crippen LogP contribution in [-0.4, -0.2) is 36.1 Å². The highest BCUT2D eigenvalue weighted by Crippen LogP contribution is 2.38. The molecule has 8 nitrogen and oxygen atoms in total. The summed E-state index contributed by atoms with van der Waals surface area (Å²) < 4.78 is 5.10. The van der Waals surface area contributed by atoms with E-state index in [0.29, 0.717) is 21.8 Å². The van der Waals surface area contributed by atoms with E-state index < -0.39 is 23.0 Å². The molecule has 0 spiro atoms. The van der Waals surface area contributed by atoms with Crippen LogP contribution in [-0.2, 0) is 27.2 Å². The first kappa shape index (κ1) is 34.7. The number of rotatable bonds is 10. The third kappa shape index (κ3) is 8.81. The van der Waals surface area contributed by atoms with Crippen molar-refractivity contribution in [1.82, 2.24) is 5.32 Å². The molecule has 0 aliphatic heterocycles. The maximum Gasteiger partial charge on any atom is 0.341 e. The smallest absolute Gasteiger partial charge is 0.341 e. The van der Waals surface area contributed by atoms with Gasteiger partial charge >= 0.3 is 5.97 Å². The monoisotopic (exact) mass is 681 g/mol. The van der Waals surface area contributed by atoms with Crippen LogP contribution in [0.3, 0.4) is 0 Å². The molecule has 1 aliphatic rings. The van der Waals surface area contributed by atoms with Crippen molar-refractivity contribution in [2.45, 2.75) is 62.5 Å². The van der Waals surface area contributed by atoms with Gasteiger partial charge in [0.15, 0.2) is 0 Å². The zero-order valence-corrected chi connectivity index (χ0v) is 28.9. The summed E-state index contributed by atoms with van der Waals surface area (Å²) in [7, 11) is 1.36. The Labute approximate surface area is 289 Å². The number of anilines is 2.